The molecule has 0 saturated carbocycles. The summed E-state index contributed by atoms with van der Waals surface area (Å²) in [4.78, 5) is 11.4. The van der Waals surface area contributed by atoms with Crippen LogP contribution in [-0.2, 0) is 20.2 Å². The van der Waals surface area contributed by atoms with E-state index in [1.165, 1.54) is 44.4 Å². The summed E-state index contributed by atoms with van der Waals surface area (Å²) in [6.07, 6.45) is 1.03. The van der Waals surface area contributed by atoms with E-state index in [9.17, 15) is 26.7 Å². The molecule has 2 rings (SSSR count). The van der Waals surface area contributed by atoms with Crippen molar-refractivity contribution >= 4 is 26.2 Å². The standard InChI is InChI=1S/C13H15N3O6S2/c1-15(2)23(19,20)10-5-3-9(4-6-10)11-7-8-16(24(14,21)22)12(11)13(17)18/h3-8H,1-2H3,(H,17,18)(H2,14,21,22). The third-order valence-corrected chi connectivity index (χ3v) is 5.95. The Morgan fingerprint density at radius 3 is 2.04 bits per heavy atom. The molecular weight excluding hydrogens is 358 g/mol. The zero-order valence-electron chi connectivity index (χ0n) is 12.7. The van der Waals surface area contributed by atoms with Crippen LogP contribution in [0.4, 0.5) is 0 Å². The maximum absolute atomic E-state index is 12.0. The number of hydrogen-bond acceptors (Lipinski definition) is 5. The fourth-order valence-electron chi connectivity index (χ4n) is 2.09. The predicted molar refractivity (Wildman–Crippen MR) is 86.2 cm³/mol. The summed E-state index contributed by atoms with van der Waals surface area (Å²) in [5.41, 5.74) is -0.0847. The number of benzene rings is 1. The molecule has 0 saturated heterocycles. The molecule has 0 amide bonds. The van der Waals surface area contributed by atoms with Gasteiger partial charge < -0.3 is 5.11 Å². The fourth-order valence-corrected chi connectivity index (χ4v) is 3.65. The summed E-state index contributed by atoms with van der Waals surface area (Å²) in [5.74, 6) is -1.48. The molecule has 0 aliphatic heterocycles. The smallest absolute Gasteiger partial charge is 0.354 e. The lowest BCUT2D eigenvalue weighted by Crippen LogP contribution is -2.24. The lowest BCUT2D eigenvalue weighted by Gasteiger charge is -2.11. The van der Waals surface area contributed by atoms with Gasteiger partial charge in [0.2, 0.25) is 10.0 Å². The molecule has 0 spiro atoms. The van der Waals surface area contributed by atoms with E-state index in [0.29, 0.717) is 9.54 Å². The van der Waals surface area contributed by atoms with Gasteiger partial charge in [-0.15, -0.1) is 0 Å². The molecule has 0 aliphatic rings. The van der Waals surface area contributed by atoms with Crippen LogP contribution in [0, 0.1) is 0 Å². The first-order valence-corrected chi connectivity index (χ1v) is 9.41. The second-order valence-electron chi connectivity index (χ2n) is 5.04. The minimum atomic E-state index is -4.28. The Labute approximate surface area is 139 Å². The van der Waals surface area contributed by atoms with Crippen molar-refractivity contribution in [3.8, 4) is 11.1 Å². The Morgan fingerprint density at radius 1 is 1.08 bits per heavy atom. The lowest BCUT2D eigenvalue weighted by molar-refractivity contribution is 0.0690. The Kier molecular flexibility index (Phi) is 4.55. The Bertz CT molecular complexity index is 989. The Hall–Kier alpha value is -2.21. The van der Waals surface area contributed by atoms with Crippen LogP contribution in [0.3, 0.4) is 0 Å². The van der Waals surface area contributed by atoms with Crippen molar-refractivity contribution in [2.75, 3.05) is 14.1 Å². The number of sulfonamides is 1. The third-order valence-electron chi connectivity index (χ3n) is 3.27. The molecule has 1 aromatic carbocycles. The minimum absolute atomic E-state index is 0.0269. The molecule has 24 heavy (non-hydrogen) atoms. The number of aromatic carboxylic acids is 1. The van der Waals surface area contributed by atoms with Crippen molar-refractivity contribution in [1.82, 2.24) is 8.28 Å². The van der Waals surface area contributed by atoms with Crippen LogP contribution in [0.1, 0.15) is 10.5 Å². The molecule has 2 aromatic rings. The molecule has 0 fully saturated rings. The molecule has 1 aromatic heterocycles. The number of carboxylic acid groups (broad SMARTS) is 1. The molecule has 130 valence electrons. The normalized spacial score (nSPS) is 12.5. The summed E-state index contributed by atoms with van der Waals surface area (Å²) < 4.78 is 48.5. The number of carboxylic acids is 1. The lowest BCUT2D eigenvalue weighted by atomic mass is 10.1. The molecule has 0 atom stereocenters. The van der Waals surface area contributed by atoms with Crippen LogP contribution >= 0.6 is 0 Å². The van der Waals surface area contributed by atoms with Crippen molar-refractivity contribution in [1.29, 1.82) is 0 Å². The zero-order chi connectivity index (χ0) is 18.3. The van der Waals surface area contributed by atoms with E-state index in [1.807, 2.05) is 0 Å². The topological polar surface area (TPSA) is 140 Å². The predicted octanol–water partition coefficient (Wildman–Crippen LogP) is 0.155. The zero-order valence-corrected chi connectivity index (χ0v) is 14.4. The van der Waals surface area contributed by atoms with E-state index in [2.05, 4.69) is 0 Å². The molecule has 0 unspecified atom stereocenters. The number of hydrogen-bond donors (Lipinski definition) is 2. The number of aromatic nitrogens is 1. The van der Waals surface area contributed by atoms with Crippen LogP contribution < -0.4 is 5.14 Å². The van der Waals surface area contributed by atoms with Gasteiger partial charge in [-0.05, 0) is 23.8 Å². The quantitative estimate of drug-likeness (QED) is 0.765. The van der Waals surface area contributed by atoms with Crippen LogP contribution in [0.5, 0.6) is 0 Å². The number of rotatable bonds is 5. The Morgan fingerprint density at radius 2 is 1.62 bits per heavy atom. The number of nitrogens with zero attached hydrogens (tertiary/aromatic N) is 2. The van der Waals surface area contributed by atoms with E-state index in [1.54, 1.807) is 0 Å². The van der Waals surface area contributed by atoms with E-state index in [4.69, 9.17) is 5.14 Å². The third kappa shape index (κ3) is 3.19. The molecule has 9 nitrogen and oxygen atoms in total. The van der Waals surface area contributed by atoms with Gasteiger partial charge >= 0.3 is 16.2 Å². The van der Waals surface area contributed by atoms with E-state index in [-0.39, 0.29) is 10.5 Å². The highest BCUT2D eigenvalue weighted by atomic mass is 32.2. The van der Waals surface area contributed by atoms with E-state index < -0.39 is 31.9 Å². The molecule has 11 heteroatoms. The van der Waals surface area contributed by atoms with Crippen molar-refractivity contribution < 1.29 is 26.7 Å². The first-order chi connectivity index (χ1) is 11.0. The summed E-state index contributed by atoms with van der Waals surface area (Å²) >= 11 is 0. The van der Waals surface area contributed by atoms with Crippen LogP contribution in [-0.4, -0.2) is 50.3 Å². The maximum atomic E-state index is 12.0. The van der Waals surface area contributed by atoms with Gasteiger partial charge in [0, 0.05) is 25.9 Å². The van der Waals surface area contributed by atoms with Gasteiger partial charge in [-0.1, -0.05) is 12.1 Å². The van der Waals surface area contributed by atoms with Gasteiger partial charge in [0.15, 0.2) is 5.69 Å². The van der Waals surface area contributed by atoms with Crippen molar-refractivity contribution in [3.63, 3.8) is 0 Å². The van der Waals surface area contributed by atoms with Crippen molar-refractivity contribution in [2.24, 2.45) is 5.14 Å². The first kappa shape index (κ1) is 18.1. The van der Waals surface area contributed by atoms with Crippen LogP contribution in [0.25, 0.3) is 11.1 Å². The second kappa shape index (κ2) is 6.02. The monoisotopic (exact) mass is 373 g/mol. The molecule has 0 aliphatic carbocycles. The molecule has 3 N–H and O–H groups in total. The van der Waals surface area contributed by atoms with Gasteiger partial charge in [0.25, 0.3) is 0 Å². The van der Waals surface area contributed by atoms with Gasteiger partial charge in [0.1, 0.15) is 0 Å². The molecule has 0 radical (unpaired) electrons. The summed E-state index contributed by atoms with van der Waals surface area (Å²) in [7, 11) is -5.13. The van der Waals surface area contributed by atoms with Crippen LogP contribution in [0.2, 0.25) is 0 Å². The van der Waals surface area contributed by atoms with Crippen molar-refractivity contribution in [2.45, 2.75) is 4.90 Å². The van der Waals surface area contributed by atoms with Gasteiger partial charge in [0.05, 0.1) is 4.90 Å². The highest BCUT2D eigenvalue weighted by Crippen LogP contribution is 2.27. The van der Waals surface area contributed by atoms with Gasteiger partial charge in [-0.25, -0.2) is 26.6 Å². The average molecular weight is 373 g/mol. The number of nitrogens with two attached hydrogens (primary N) is 1. The highest BCUT2D eigenvalue weighted by Gasteiger charge is 2.23. The number of carbonyl (C=O) groups is 1. The Balaban J connectivity index is 2.59. The minimum Gasteiger partial charge on any atom is -0.477 e. The summed E-state index contributed by atoms with van der Waals surface area (Å²) in [6.45, 7) is 0. The molecular formula is C13H15N3O6S2. The summed E-state index contributed by atoms with van der Waals surface area (Å²) in [6, 6.07) is 6.69. The average Bonchev–Trinajstić information content (AvgIpc) is 2.92. The largest absolute Gasteiger partial charge is 0.477 e. The van der Waals surface area contributed by atoms with Gasteiger partial charge in [-0.2, -0.15) is 8.42 Å². The van der Waals surface area contributed by atoms with Crippen LogP contribution in [0.15, 0.2) is 41.4 Å². The molecule has 1 heterocycles. The summed E-state index contributed by atoms with van der Waals surface area (Å²) in [5, 5.41) is 14.3. The highest BCUT2D eigenvalue weighted by molar-refractivity contribution is 7.89. The first-order valence-electron chi connectivity index (χ1n) is 6.47. The second-order valence-corrected chi connectivity index (χ2v) is 8.61. The van der Waals surface area contributed by atoms with E-state index in [0.717, 1.165) is 10.5 Å². The van der Waals surface area contributed by atoms with Gasteiger partial charge in [-0.3, -0.25) is 0 Å². The van der Waals surface area contributed by atoms with Crippen molar-refractivity contribution in [3.05, 3.63) is 42.2 Å². The maximum Gasteiger partial charge on any atom is 0.354 e. The fraction of sp³-hybridized carbons (Fsp3) is 0.154. The SMILES string of the molecule is CN(C)S(=O)(=O)c1ccc(-c2ccn(S(N)(=O)=O)c2C(=O)O)cc1. The van der Waals surface area contributed by atoms with E-state index >= 15 is 0 Å². The molecule has 0 bridgehead atoms.